The molecule has 1 aromatic heterocycles. The van der Waals surface area contributed by atoms with Crippen molar-refractivity contribution in [1.82, 2.24) is 4.98 Å². The number of hydrogen-bond acceptors (Lipinski definition) is 2. The van der Waals surface area contributed by atoms with Gasteiger partial charge in [0.1, 0.15) is 0 Å². The van der Waals surface area contributed by atoms with Crippen molar-refractivity contribution in [3.8, 4) is 5.88 Å². The Kier molecular flexibility index (Phi) is 42.8. The zero-order valence-electron chi connectivity index (χ0n) is 18.8. The number of nitrogens with zero attached hydrogens (tertiary/aromatic N) is 1. The molecule has 0 saturated carbocycles. The Balaban J connectivity index is -0.0000000944. The number of aromatic nitrogens is 1. The molecule has 0 aliphatic heterocycles. The van der Waals surface area contributed by atoms with Gasteiger partial charge in [0.25, 0.3) is 0 Å². The number of rotatable bonds is 2. The average Bonchev–Trinajstić information content (AvgIpc) is 2.67. The number of pyridine rings is 1. The first-order chi connectivity index (χ1) is 12.4. The molecule has 1 aromatic rings. The quantitative estimate of drug-likeness (QED) is 0.478. The van der Waals surface area contributed by atoms with Crippen LogP contribution in [-0.2, 0) is 6.18 Å². The fourth-order valence-corrected chi connectivity index (χ4v) is 0.781. The van der Waals surface area contributed by atoms with Crippen LogP contribution in [0.3, 0.4) is 0 Å². The minimum atomic E-state index is -4.34. The molecule has 0 saturated heterocycles. The molecule has 0 aliphatic carbocycles. The van der Waals surface area contributed by atoms with E-state index in [1.807, 2.05) is 67.5 Å². The van der Waals surface area contributed by atoms with Crippen molar-refractivity contribution in [1.29, 1.82) is 0 Å². The molecule has 0 aliphatic rings. The molecule has 26 heavy (non-hydrogen) atoms. The highest BCUT2D eigenvalue weighted by Gasteiger charge is 2.30. The Hall–Kier alpha value is -1.52. The molecule has 0 bridgehead atoms. The summed E-state index contributed by atoms with van der Waals surface area (Å²) in [6.07, 6.45) is 1.67. The van der Waals surface area contributed by atoms with Crippen molar-refractivity contribution < 1.29 is 17.9 Å². The number of alkyl halides is 3. The summed E-state index contributed by atoms with van der Waals surface area (Å²) in [7, 11) is 0. The van der Waals surface area contributed by atoms with Crippen molar-refractivity contribution in [2.45, 2.75) is 88.8 Å². The largest absolute Gasteiger partial charge is 0.478 e. The van der Waals surface area contributed by atoms with Crippen molar-refractivity contribution >= 4 is 0 Å². The van der Waals surface area contributed by atoms with Gasteiger partial charge in [-0.1, -0.05) is 74.0 Å². The lowest BCUT2D eigenvalue weighted by atomic mass is 10.3. The normalized spacial score (nSPS) is 8.54. The Labute approximate surface area is 160 Å². The maximum absolute atomic E-state index is 12.0. The zero-order valence-corrected chi connectivity index (χ0v) is 18.8. The molecule has 158 valence electrons. The SMILES string of the molecule is C/C=C\C.CC.CC.CC.CCC.CCOc1ccc(C(F)(F)F)cn1. The second kappa shape index (κ2) is 31.3. The van der Waals surface area contributed by atoms with E-state index in [0.717, 1.165) is 12.3 Å². The first-order valence-electron chi connectivity index (χ1n) is 9.60. The van der Waals surface area contributed by atoms with E-state index in [-0.39, 0.29) is 5.88 Å². The van der Waals surface area contributed by atoms with E-state index >= 15 is 0 Å². The van der Waals surface area contributed by atoms with Crippen molar-refractivity contribution in [3.05, 3.63) is 36.0 Å². The smallest absolute Gasteiger partial charge is 0.417 e. The standard InChI is InChI=1S/C8H8F3NO.C4H8.C3H8.3C2H6/c1-2-13-7-4-3-6(5-12-7)8(9,10)11;1-3-4-2;1-3-2;3*1-2/h3-5H,2H2,1H3;3-4H,1-2H3;3H2,1-2H3;3*1-2H3/b;4-3-;;;;. The molecule has 0 fully saturated rings. The van der Waals surface area contributed by atoms with Crippen LogP contribution in [0.25, 0.3) is 0 Å². The fourth-order valence-electron chi connectivity index (χ4n) is 0.781. The molecular weight excluding hydrogens is 339 g/mol. The number of allylic oxidation sites excluding steroid dienone is 2. The first-order valence-corrected chi connectivity index (χ1v) is 9.60. The summed E-state index contributed by atoms with van der Waals surface area (Å²) in [6, 6.07) is 2.14. The van der Waals surface area contributed by atoms with Gasteiger partial charge in [0.05, 0.1) is 12.2 Å². The minimum Gasteiger partial charge on any atom is -0.478 e. The summed E-state index contributed by atoms with van der Waals surface area (Å²) < 4.78 is 41.0. The highest BCUT2D eigenvalue weighted by atomic mass is 19.4. The van der Waals surface area contributed by atoms with Gasteiger partial charge in [-0.05, 0) is 26.8 Å². The Morgan fingerprint density at radius 2 is 1.27 bits per heavy atom. The predicted molar refractivity (Wildman–Crippen MR) is 111 cm³/mol. The van der Waals surface area contributed by atoms with Gasteiger partial charge in [0.2, 0.25) is 5.88 Å². The fraction of sp³-hybridized carbons (Fsp3) is 0.667. The Morgan fingerprint density at radius 1 is 0.885 bits per heavy atom. The summed E-state index contributed by atoms with van der Waals surface area (Å²) in [5, 5.41) is 0. The molecule has 0 aromatic carbocycles. The topological polar surface area (TPSA) is 22.1 Å². The zero-order chi connectivity index (χ0) is 22.0. The van der Waals surface area contributed by atoms with Gasteiger partial charge >= 0.3 is 6.18 Å². The van der Waals surface area contributed by atoms with Gasteiger partial charge in [-0.25, -0.2) is 4.98 Å². The lowest BCUT2D eigenvalue weighted by Crippen LogP contribution is -2.05. The lowest BCUT2D eigenvalue weighted by Gasteiger charge is -2.06. The summed E-state index contributed by atoms with van der Waals surface area (Å²) >= 11 is 0. The van der Waals surface area contributed by atoms with Crippen molar-refractivity contribution in [2.24, 2.45) is 0 Å². The maximum Gasteiger partial charge on any atom is 0.417 e. The molecule has 1 rings (SSSR count). The van der Waals surface area contributed by atoms with Gasteiger partial charge < -0.3 is 4.74 Å². The highest BCUT2D eigenvalue weighted by molar-refractivity contribution is 5.19. The Bertz CT molecular complexity index is 343. The average molecular weight is 382 g/mol. The van der Waals surface area contributed by atoms with Crippen molar-refractivity contribution in [2.75, 3.05) is 6.61 Å². The lowest BCUT2D eigenvalue weighted by molar-refractivity contribution is -0.137. The van der Waals surface area contributed by atoms with Crippen LogP contribution in [0.5, 0.6) is 5.88 Å². The van der Waals surface area contributed by atoms with Gasteiger partial charge in [-0.3, -0.25) is 0 Å². The van der Waals surface area contributed by atoms with Crippen LogP contribution in [0.15, 0.2) is 30.5 Å². The Morgan fingerprint density at radius 3 is 1.46 bits per heavy atom. The van der Waals surface area contributed by atoms with Crippen LogP contribution in [-0.4, -0.2) is 11.6 Å². The van der Waals surface area contributed by atoms with Crippen LogP contribution in [0.2, 0.25) is 0 Å². The minimum absolute atomic E-state index is 0.204. The van der Waals surface area contributed by atoms with E-state index in [4.69, 9.17) is 4.74 Å². The molecule has 0 spiro atoms. The second-order valence-electron chi connectivity index (χ2n) is 3.69. The number of ether oxygens (including phenoxy) is 1. The third kappa shape index (κ3) is 30.4. The second-order valence-corrected chi connectivity index (χ2v) is 3.69. The third-order valence-corrected chi connectivity index (χ3v) is 1.69. The van der Waals surface area contributed by atoms with E-state index in [2.05, 4.69) is 18.8 Å². The maximum atomic E-state index is 12.0. The molecular formula is C21H42F3NO. The monoisotopic (exact) mass is 381 g/mol. The molecule has 0 amide bonds. The van der Waals surface area contributed by atoms with Crippen LogP contribution in [0.4, 0.5) is 13.2 Å². The molecule has 0 N–H and O–H groups in total. The molecule has 0 unspecified atom stereocenters. The predicted octanol–water partition coefficient (Wildman–Crippen LogP) is 8.58. The molecule has 5 heteroatoms. The molecule has 0 radical (unpaired) electrons. The van der Waals surface area contributed by atoms with Gasteiger partial charge in [-0.15, -0.1) is 0 Å². The molecule has 2 nitrogen and oxygen atoms in total. The highest BCUT2D eigenvalue weighted by Crippen LogP contribution is 2.29. The molecule has 1 heterocycles. The van der Waals surface area contributed by atoms with E-state index in [9.17, 15) is 13.2 Å². The van der Waals surface area contributed by atoms with Crippen LogP contribution in [0.1, 0.15) is 88.1 Å². The number of halogens is 3. The van der Waals surface area contributed by atoms with E-state index in [1.54, 1.807) is 6.92 Å². The van der Waals surface area contributed by atoms with Crippen LogP contribution in [0, 0.1) is 0 Å². The summed E-state index contributed by atoms with van der Waals surface area (Å²) in [5.41, 5.74) is -0.768. The van der Waals surface area contributed by atoms with Crippen LogP contribution >= 0.6 is 0 Å². The summed E-state index contributed by atoms with van der Waals surface area (Å²) in [6.45, 7) is 22.4. The summed E-state index contributed by atoms with van der Waals surface area (Å²) in [5.74, 6) is 0.204. The summed E-state index contributed by atoms with van der Waals surface area (Å²) in [4.78, 5) is 3.49. The number of hydrogen-bond donors (Lipinski definition) is 0. The van der Waals surface area contributed by atoms with Crippen molar-refractivity contribution in [3.63, 3.8) is 0 Å². The van der Waals surface area contributed by atoms with Crippen LogP contribution < -0.4 is 4.74 Å². The van der Waals surface area contributed by atoms with E-state index in [0.29, 0.717) is 6.61 Å². The van der Waals surface area contributed by atoms with Gasteiger partial charge in [-0.2, -0.15) is 13.2 Å². The molecule has 0 atom stereocenters. The van der Waals surface area contributed by atoms with Gasteiger partial charge in [0, 0.05) is 12.3 Å². The third-order valence-electron chi connectivity index (χ3n) is 1.69. The van der Waals surface area contributed by atoms with Gasteiger partial charge in [0.15, 0.2) is 0 Å². The van der Waals surface area contributed by atoms with E-state index < -0.39 is 11.7 Å². The first kappa shape index (κ1) is 35.6. The van der Waals surface area contributed by atoms with E-state index in [1.165, 1.54) is 12.5 Å².